The Hall–Kier alpha value is -0.980. The van der Waals surface area contributed by atoms with Gasteiger partial charge in [-0.05, 0) is 40.5 Å². The molecule has 0 aromatic carbocycles. The van der Waals surface area contributed by atoms with Crippen LogP contribution in [0.15, 0.2) is 4.52 Å². The van der Waals surface area contributed by atoms with Crippen molar-refractivity contribution in [1.82, 2.24) is 10.1 Å². The normalized spacial score (nSPS) is 24.3. The minimum absolute atomic E-state index is 0.0923. The summed E-state index contributed by atoms with van der Waals surface area (Å²) in [6.45, 7) is 8.32. The van der Waals surface area contributed by atoms with E-state index in [2.05, 4.69) is 10.1 Å². The Morgan fingerprint density at radius 1 is 1.42 bits per heavy atom. The summed E-state index contributed by atoms with van der Waals surface area (Å²) in [7, 11) is 0. The fraction of sp³-hybridized carbons (Fsp3) is 0.846. The quantitative estimate of drug-likeness (QED) is 0.879. The highest BCUT2D eigenvalue weighted by Crippen LogP contribution is 2.32. The summed E-state index contributed by atoms with van der Waals surface area (Å²) in [6, 6.07) is 0. The molecule has 108 valence electrons. The lowest BCUT2D eigenvalue weighted by Crippen LogP contribution is -2.26. The number of aromatic nitrogens is 2. The third-order valence-electron chi connectivity index (χ3n) is 3.15. The van der Waals surface area contributed by atoms with Gasteiger partial charge < -0.3 is 19.7 Å². The van der Waals surface area contributed by atoms with Gasteiger partial charge in [-0.1, -0.05) is 5.16 Å². The summed E-state index contributed by atoms with van der Waals surface area (Å²) in [5.41, 5.74) is 5.00. The van der Waals surface area contributed by atoms with Gasteiger partial charge in [0.2, 0.25) is 5.82 Å². The molecule has 2 rings (SSSR count). The van der Waals surface area contributed by atoms with Crippen molar-refractivity contribution in [3.05, 3.63) is 11.7 Å². The SMILES string of the molecule is CC(C)OC(C)(C)c1nc(C2CCC(CN)O2)no1. The van der Waals surface area contributed by atoms with Crippen LogP contribution in [0.3, 0.4) is 0 Å². The minimum atomic E-state index is -0.592. The van der Waals surface area contributed by atoms with E-state index in [4.69, 9.17) is 19.7 Å². The van der Waals surface area contributed by atoms with Crippen molar-refractivity contribution in [2.45, 2.75) is 64.4 Å². The summed E-state index contributed by atoms with van der Waals surface area (Å²) < 4.78 is 16.9. The number of hydrogen-bond donors (Lipinski definition) is 1. The Kier molecular flexibility index (Phi) is 4.23. The maximum Gasteiger partial charge on any atom is 0.258 e. The van der Waals surface area contributed by atoms with Gasteiger partial charge in [-0.3, -0.25) is 0 Å². The summed E-state index contributed by atoms with van der Waals surface area (Å²) >= 11 is 0. The van der Waals surface area contributed by atoms with Crippen LogP contribution >= 0.6 is 0 Å². The molecular weight excluding hydrogens is 246 g/mol. The molecule has 19 heavy (non-hydrogen) atoms. The first-order chi connectivity index (χ1) is 8.92. The molecule has 0 bridgehead atoms. The van der Waals surface area contributed by atoms with Gasteiger partial charge in [-0.2, -0.15) is 4.98 Å². The molecule has 1 aliphatic heterocycles. The van der Waals surface area contributed by atoms with Crippen molar-refractivity contribution < 1.29 is 14.0 Å². The van der Waals surface area contributed by atoms with Crippen LogP contribution in [-0.2, 0) is 15.1 Å². The molecule has 0 saturated carbocycles. The molecule has 1 fully saturated rings. The van der Waals surface area contributed by atoms with Crippen molar-refractivity contribution >= 4 is 0 Å². The Morgan fingerprint density at radius 3 is 2.74 bits per heavy atom. The van der Waals surface area contributed by atoms with Crippen molar-refractivity contribution in [3.8, 4) is 0 Å². The molecule has 6 heteroatoms. The van der Waals surface area contributed by atoms with E-state index < -0.39 is 5.60 Å². The first kappa shape index (κ1) is 14.4. The third kappa shape index (κ3) is 3.32. The standard InChI is InChI=1S/C13H23N3O3/c1-8(2)18-13(3,4)12-15-11(16-19-12)10-6-5-9(7-14)17-10/h8-10H,5-7,14H2,1-4H3. The van der Waals surface area contributed by atoms with Crippen molar-refractivity contribution in [2.75, 3.05) is 6.54 Å². The fourth-order valence-corrected chi connectivity index (χ4v) is 2.32. The summed E-state index contributed by atoms with van der Waals surface area (Å²) in [5, 5.41) is 4.01. The van der Waals surface area contributed by atoms with Gasteiger partial charge in [-0.25, -0.2) is 0 Å². The highest BCUT2D eigenvalue weighted by atomic mass is 16.5. The zero-order valence-corrected chi connectivity index (χ0v) is 12.0. The average Bonchev–Trinajstić information content (AvgIpc) is 2.96. The molecular formula is C13H23N3O3. The second-order valence-electron chi connectivity index (χ2n) is 5.69. The van der Waals surface area contributed by atoms with E-state index in [1.165, 1.54) is 0 Å². The van der Waals surface area contributed by atoms with E-state index in [0.717, 1.165) is 12.8 Å². The zero-order chi connectivity index (χ0) is 14.0. The molecule has 1 aromatic heterocycles. The number of nitrogens with zero attached hydrogens (tertiary/aromatic N) is 2. The predicted octanol–water partition coefficient (Wildman–Crippen LogP) is 1.91. The maximum absolute atomic E-state index is 5.78. The summed E-state index contributed by atoms with van der Waals surface area (Å²) in [5.74, 6) is 1.07. The van der Waals surface area contributed by atoms with Crippen molar-refractivity contribution in [1.29, 1.82) is 0 Å². The van der Waals surface area contributed by atoms with Crippen LogP contribution in [0.25, 0.3) is 0 Å². The Balaban J connectivity index is 2.07. The van der Waals surface area contributed by atoms with Crippen LogP contribution in [0, 0.1) is 0 Å². The zero-order valence-electron chi connectivity index (χ0n) is 12.0. The number of rotatable bonds is 5. The van der Waals surface area contributed by atoms with E-state index in [1.807, 2.05) is 27.7 Å². The molecule has 1 saturated heterocycles. The molecule has 1 aliphatic rings. The average molecular weight is 269 g/mol. The van der Waals surface area contributed by atoms with E-state index >= 15 is 0 Å². The van der Waals surface area contributed by atoms with Crippen LogP contribution in [0.4, 0.5) is 0 Å². The molecule has 6 nitrogen and oxygen atoms in total. The van der Waals surface area contributed by atoms with E-state index in [-0.39, 0.29) is 18.3 Å². The van der Waals surface area contributed by atoms with Crippen molar-refractivity contribution in [2.24, 2.45) is 5.73 Å². The number of ether oxygens (including phenoxy) is 2. The maximum atomic E-state index is 5.78. The largest absolute Gasteiger partial charge is 0.366 e. The van der Waals surface area contributed by atoms with Gasteiger partial charge in [0.25, 0.3) is 5.89 Å². The molecule has 0 radical (unpaired) electrons. The van der Waals surface area contributed by atoms with E-state index in [1.54, 1.807) is 0 Å². The second-order valence-corrected chi connectivity index (χ2v) is 5.69. The molecule has 0 amide bonds. The number of hydrogen-bond acceptors (Lipinski definition) is 6. The lowest BCUT2D eigenvalue weighted by molar-refractivity contribution is -0.0782. The lowest BCUT2D eigenvalue weighted by Gasteiger charge is -2.23. The fourth-order valence-electron chi connectivity index (χ4n) is 2.32. The van der Waals surface area contributed by atoms with E-state index in [0.29, 0.717) is 18.3 Å². The summed E-state index contributed by atoms with van der Waals surface area (Å²) in [6.07, 6.45) is 1.91. The topological polar surface area (TPSA) is 83.4 Å². The van der Waals surface area contributed by atoms with Gasteiger partial charge in [0.1, 0.15) is 11.7 Å². The van der Waals surface area contributed by atoms with Crippen LogP contribution in [0.1, 0.15) is 58.4 Å². The third-order valence-corrected chi connectivity index (χ3v) is 3.15. The molecule has 0 spiro atoms. The monoisotopic (exact) mass is 269 g/mol. The molecule has 0 aliphatic carbocycles. The second kappa shape index (κ2) is 5.56. The van der Waals surface area contributed by atoms with Crippen LogP contribution in [0.2, 0.25) is 0 Å². The Bertz CT molecular complexity index is 417. The first-order valence-electron chi connectivity index (χ1n) is 6.80. The molecule has 2 atom stereocenters. The van der Waals surface area contributed by atoms with Gasteiger partial charge >= 0.3 is 0 Å². The Labute approximate surface area is 113 Å². The lowest BCUT2D eigenvalue weighted by atomic mass is 10.1. The van der Waals surface area contributed by atoms with Crippen LogP contribution < -0.4 is 5.73 Å². The van der Waals surface area contributed by atoms with Crippen LogP contribution in [0.5, 0.6) is 0 Å². The smallest absolute Gasteiger partial charge is 0.258 e. The summed E-state index contributed by atoms with van der Waals surface area (Å²) in [4.78, 5) is 4.42. The van der Waals surface area contributed by atoms with Gasteiger partial charge in [-0.15, -0.1) is 0 Å². The molecule has 2 unspecified atom stereocenters. The highest BCUT2D eigenvalue weighted by molar-refractivity contribution is 5.00. The Morgan fingerprint density at radius 2 is 2.16 bits per heavy atom. The molecule has 1 aromatic rings. The first-order valence-corrected chi connectivity index (χ1v) is 6.80. The minimum Gasteiger partial charge on any atom is -0.366 e. The van der Waals surface area contributed by atoms with Gasteiger partial charge in [0.15, 0.2) is 0 Å². The predicted molar refractivity (Wildman–Crippen MR) is 69.4 cm³/mol. The van der Waals surface area contributed by atoms with E-state index in [9.17, 15) is 0 Å². The van der Waals surface area contributed by atoms with Gasteiger partial charge in [0, 0.05) is 6.54 Å². The van der Waals surface area contributed by atoms with Gasteiger partial charge in [0.05, 0.1) is 12.2 Å². The molecule has 2 N–H and O–H groups in total. The van der Waals surface area contributed by atoms with Crippen molar-refractivity contribution in [3.63, 3.8) is 0 Å². The number of nitrogens with two attached hydrogens (primary N) is 1. The van der Waals surface area contributed by atoms with Crippen LogP contribution in [-0.4, -0.2) is 28.9 Å². The highest BCUT2D eigenvalue weighted by Gasteiger charge is 2.34. The molecule has 2 heterocycles.